The van der Waals surface area contributed by atoms with Gasteiger partial charge in [-0.2, -0.15) is 0 Å². The Morgan fingerprint density at radius 3 is 2.85 bits per heavy atom. The third-order valence-electron chi connectivity index (χ3n) is 4.66. The number of anilines is 3. The first-order valence-corrected chi connectivity index (χ1v) is 10.6. The van der Waals surface area contributed by atoms with Crippen LogP contribution in [0.5, 0.6) is 0 Å². The third kappa shape index (κ3) is 3.53. The number of benzene rings is 1. The van der Waals surface area contributed by atoms with Crippen LogP contribution in [0.4, 0.5) is 16.5 Å². The van der Waals surface area contributed by atoms with Crippen LogP contribution in [0.15, 0.2) is 28.6 Å². The lowest BCUT2D eigenvalue weighted by Crippen LogP contribution is -2.60. The van der Waals surface area contributed by atoms with E-state index in [0.717, 1.165) is 9.47 Å². The van der Waals surface area contributed by atoms with E-state index in [1.807, 2.05) is 25.1 Å². The first kappa shape index (κ1) is 18.2. The molecule has 2 amide bonds. The zero-order valence-electron chi connectivity index (χ0n) is 15.4. The molecule has 0 radical (unpaired) electrons. The lowest BCUT2D eigenvalue weighted by atomic mass is 9.96. The normalized spacial score (nSPS) is 19.2. The van der Waals surface area contributed by atoms with Crippen molar-refractivity contribution in [3.8, 4) is 0 Å². The quantitative estimate of drug-likeness (QED) is 0.745. The Labute approximate surface area is 165 Å². The number of aromatic nitrogens is 2. The number of rotatable bonds is 5. The Hall–Kier alpha value is -2.13. The van der Waals surface area contributed by atoms with Gasteiger partial charge in [-0.3, -0.25) is 14.5 Å². The van der Waals surface area contributed by atoms with Crippen molar-refractivity contribution in [2.75, 3.05) is 15.5 Å². The Bertz CT molecular complexity index is 893. The van der Waals surface area contributed by atoms with Crippen LogP contribution in [0.2, 0.25) is 0 Å². The molecule has 4 rings (SSSR count). The second kappa shape index (κ2) is 6.79. The molecule has 1 aliphatic carbocycles. The van der Waals surface area contributed by atoms with E-state index in [1.54, 1.807) is 24.8 Å². The van der Waals surface area contributed by atoms with E-state index in [4.69, 9.17) is 0 Å². The fourth-order valence-electron chi connectivity index (χ4n) is 2.95. The largest absolute Gasteiger partial charge is 0.357 e. The summed E-state index contributed by atoms with van der Waals surface area (Å²) < 4.78 is 0.742. The van der Waals surface area contributed by atoms with Gasteiger partial charge in [-0.15, -0.1) is 10.2 Å². The highest BCUT2D eigenvalue weighted by Crippen LogP contribution is 2.39. The molecule has 1 unspecified atom stereocenters. The topological polar surface area (TPSA) is 87.2 Å². The van der Waals surface area contributed by atoms with Crippen LogP contribution >= 0.6 is 23.1 Å². The van der Waals surface area contributed by atoms with Gasteiger partial charge in [0.2, 0.25) is 16.9 Å². The Morgan fingerprint density at radius 1 is 1.37 bits per heavy atom. The average Bonchev–Trinajstić information content (AvgIpc) is 3.33. The SMILES string of the molecule is CC(Sc1nnc(NC2CC2)s1)C(=O)N1c2ccccc2NC(=O)C1(C)C. The summed E-state index contributed by atoms with van der Waals surface area (Å²) in [4.78, 5) is 27.4. The van der Waals surface area contributed by atoms with Crippen LogP contribution in [0.1, 0.15) is 33.6 Å². The van der Waals surface area contributed by atoms with E-state index in [-0.39, 0.29) is 11.8 Å². The second-order valence-electron chi connectivity index (χ2n) is 7.26. The summed E-state index contributed by atoms with van der Waals surface area (Å²) >= 11 is 2.83. The van der Waals surface area contributed by atoms with Crippen molar-refractivity contribution in [2.45, 2.75) is 54.8 Å². The van der Waals surface area contributed by atoms with Crippen molar-refractivity contribution >= 4 is 51.4 Å². The molecule has 1 aromatic carbocycles. The molecule has 7 nitrogen and oxygen atoms in total. The van der Waals surface area contributed by atoms with E-state index in [9.17, 15) is 9.59 Å². The molecular weight excluding hydrogens is 382 g/mol. The Morgan fingerprint density at radius 2 is 2.11 bits per heavy atom. The zero-order chi connectivity index (χ0) is 19.2. The minimum atomic E-state index is -0.972. The number of carbonyl (C=O) groups excluding carboxylic acids is 2. The predicted octanol–water partition coefficient (Wildman–Crippen LogP) is 3.36. The van der Waals surface area contributed by atoms with Crippen LogP contribution in [0.25, 0.3) is 0 Å². The average molecular weight is 404 g/mol. The number of hydrogen-bond acceptors (Lipinski definition) is 7. The highest BCUT2D eigenvalue weighted by molar-refractivity contribution is 8.02. The molecule has 1 saturated carbocycles. The molecule has 9 heteroatoms. The molecule has 2 N–H and O–H groups in total. The number of amides is 2. The second-order valence-corrected chi connectivity index (χ2v) is 9.82. The fraction of sp³-hybridized carbons (Fsp3) is 0.444. The predicted molar refractivity (Wildman–Crippen MR) is 109 cm³/mol. The number of hydrogen-bond donors (Lipinski definition) is 2. The van der Waals surface area contributed by atoms with Crippen LogP contribution in [0, 0.1) is 0 Å². The minimum Gasteiger partial charge on any atom is -0.357 e. The maximum atomic E-state index is 13.3. The van der Waals surface area contributed by atoms with Crippen molar-refractivity contribution in [1.29, 1.82) is 0 Å². The van der Waals surface area contributed by atoms with Gasteiger partial charge in [0, 0.05) is 6.04 Å². The van der Waals surface area contributed by atoms with Gasteiger partial charge in [0.25, 0.3) is 0 Å². The van der Waals surface area contributed by atoms with Gasteiger partial charge in [-0.25, -0.2) is 0 Å². The summed E-state index contributed by atoms with van der Waals surface area (Å²) in [6, 6.07) is 7.88. The summed E-state index contributed by atoms with van der Waals surface area (Å²) in [5, 5.41) is 14.9. The lowest BCUT2D eigenvalue weighted by Gasteiger charge is -2.42. The molecule has 0 bridgehead atoms. The molecule has 2 aromatic rings. The number of thioether (sulfide) groups is 1. The molecule has 0 saturated heterocycles. The molecule has 2 aliphatic rings. The molecule has 2 heterocycles. The number of nitrogens with one attached hydrogen (secondary N) is 2. The Balaban J connectivity index is 1.55. The maximum Gasteiger partial charge on any atom is 0.250 e. The maximum absolute atomic E-state index is 13.3. The smallest absolute Gasteiger partial charge is 0.250 e. The molecule has 1 aliphatic heterocycles. The summed E-state index contributed by atoms with van der Waals surface area (Å²) in [7, 11) is 0. The van der Waals surface area contributed by atoms with Crippen LogP contribution < -0.4 is 15.5 Å². The van der Waals surface area contributed by atoms with Gasteiger partial charge in [-0.1, -0.05) is 35.2 Å². The molecule has 142 valence electrons. The van der Waals surface area contributed by atoms with E-state index in [1.165, 1.54) is 35.9 Å². The van der Waals surface area contributed by atoms with Crippen molar-refractivity contribution in [3.05, 3.63) is 24.3 Å². The van der Waals surface area contributed by atoms with E-state index >= 15 is 0 Å². The van der Waals surface area contributed by atoms with Gasteiger partial charge in [0.05, 0.1) is 16.6 Å². The highest BCUT2D eigenvalue weighted by Gasteiger charge is 2.44. The van der Waals surface area contributed by atoms with Gasteiger partial charge < -0.3 is 10.6 Å². The van der Waals surface area contributed by atoms with Crippen LogP contribution in [-0.2, 0) is 9.59 Å². The molecule has 1 fully saturated rings. The molecular formula is C18H21N5O2S2. The number of nitrogens with zero attached hydrogens (tertiary/aromatic N) is 3. The molecule has 27 heavy (non-hydrogen) atoms. The van der Waals surface area contributed by atoms with E-state index in [2.05, 4.69) is 20.8 Å². The summed E-state index contributed by atoms with van der Waals surface area (Å²) in [5.74, 6) is -0.321. The van der Waals surface area contributed by atoms with Crippen molar-refractivity contribution < 1.29 is 9.59 Å². The third-order valence-corrected chi connectivity index (χ3v) is 6.69. The summed E-state index contributed by atoms with van der Waals surface area (Å²) in [6.45, 7) is 5.36. The number of carbonyl (C=O) groups is 2. The first-order valence-electron chi connectivity index (χ1n) is 8.87. The molecule has 1 aromatic heterocycles. The van der Waals surface area contributed by atoms with Crippen LogP contribution in [0.3, 0.4) is 0 Å². The van der Waals surface area contributed by atoms with Gasteiger partial charge in [-0.05, 0) is 45.7 Å². The minimum absolute atomic E-state index is 0.126. The van der Waals surface area contributed by atoms with Crippen molar-refractivity contribution in [3.63, 3.8) is 0 Å². The van der Waals surface area contributed by atoms with E-state index < -0.39 is 10.8 Å². The Kier molecular flexibility index (Phi) is 4.59. The highest BCUT2D eigenvalue weighted by atomic mass is 32.2. The number of fused-ring (bicyclic) bond motifs is 1. The summed E-state index contributed by atoms with van der Waals surface area (Å²) in [6.07, 6.45) is 2.34. The van der Waals surface area contributed by atoms with Crippen molar-refractivity contribution in [1.82, 2.24) is 10.2 Å². The zero-order valence-corrected chi connectivity index (χ0v) is 17.0. The first-order chi connectivity index (χ1) is 12.9. The monoisotopic (exact) mass is 403 g/mol. The van der Waals surface area contributed by atoms with Gasteiger partial charge >= 0.3 is 0 Å². The molecule has 0 spiro atoms. The summed E-state index contributed by atoms with van der Waals surface area (Å²) in [5.41, 5.74) is 0.396. The standard InChI is InChI=1S/C18H21N5O2S2/c1-10(26-17-22-21-16(27-17)19-11-8-9-11)14(24)23-13-7-5-4-6-12(13)20-15(25)18(23,2)3/h4-7,10-11H,8-9H2,1-3H3,(H,19,21)(H,20,25). The van der Waals surface area contributed by atoms with Gasteiger partial charge in [0.1, 0.15) is 5.54 Å². The van der Waals surface area contributed by atoms with Crippen LogP contribution in [-0.4, -0.2) is 38.8 Å². The fourth-order valence-corrected chi connectivity index (χ4v) is 4.96. The van der Waals surface area contributed by atoms with Crippen molar-refractivity contribution in [2.24, 2.45) is 0 Å². The van der Waals surface area contributed by atoms with Gasteiger partial charge in [0.15, 0.2) is 4.34 Å². The lowest BCUT2D eigenvalue weighted by molar-refractivity contribution is -0.126. The molecule has 1 atom stereocenters. The number of para-hydroxylation sites is 2. The van der Waals surface area contributed by atoms with E-state index in [0.29, 0.717) is 17.4 Å².